The molecule has 1 N–H and O–H groups in total. The number of nitrogens with one attached hydrogen (secondary N) is 1. The highest BCUT2D eigenvalue weighted by Gasteiger charge is 2.28. The first-order valence-corrected chi connectivity index (χ1v) is 9.41. The summed E-state index contributed by atoms with van der Waals surface area (Å²) in [7, 11) is 0. The summed E-state index contributed by atoms with van der Waals surface area (Å²) in [4.78, 5) is 24.3. The fraction of sp³-hybridized carbons (Fsp3) is 0.158. The third kappa shape index (κ3) is 4.15. The van der Waals surface area contributed by atoms with Gasteiger partial charge in [0.2, 0.25) is 17.9 Å². The number of nitrogens with zero attached hydrogens (tertiary/aromatic N) is 2. The van der Waals surface area contributed by atoms with E-state index in [0.717, 1.165) is 17.3 Å². The van der Waals surface area contributed by atoms with Crippen LogP contribution >= 0.6 is 11.8 Å². The SMILES string of the molecule is O=C(CSc1nnc(-c2ccccc2)o1)NC(=O)[C@H]1COc2ccccc2O1. The van der Waals surface area contributed by atoms with Gasteiger partial charge in [0.1, 0.15) is 6.61 Å². The van der Waals surface area contributed by atoms with E-state index in [1.807, 2.05) is 36.4 Å². The second kappa shape index (κ2) is 8.13. The molecule has 1 aliphatic rings. The number of thioether (sulfide) groups is 1. The lowest BCUT2D eigenvalue weighted by Gasteiger charge is -2.25. The van der Waals surface area contributed by atoms with Gasteiger partial charge in [-0.1, -0.05) is 42.1 Å². The number of fused-ring (bicyclic) bond motifs is 1. The summed E-state index contributed by atoms with van der Waals surface area (Å²) in [6.45, 7) is 0.0351. The minimum atomic E-state index is -0.892. The second-order valence-corrected chi connectivity index (χ2v) is 6.73. The molecule has 1 atom stereocenters. The number of aromatic nitrogens is 2. The molecule has 2 amide bonds. The van der Waals surface area contributed by atoms with Crippen molar-refractivity contribution in [2.24, 2.45) is 0 Å². The van der Waals surface area contributed by atoms with Gasteiger partial charge in [-0.2, -0.15) is 0 Å². The van der Waals surface area contributed by atoms with Crippen LogP contribution < -0.4 is 14.8 Å². The number of rotatable bonds is 5. The van der Waals surface area contributed by atoms with Gasteiger partial charge in [-0.3, -0.25) is 14.9 Å². The molecule has 2 heterocycles. The largest absolute Gasteiger partial charge is 0.485 e. The van der Waals surface area contributed by atoms with Crippen LogP contribution in [0.1, 0.15) is 0 Å². The van der Waals surface area contributed by atoms with Crippen molar-refractivity contribution in [2.45, 2.75) is 11.3 Å². The van der Waals surface area contributed by atoms with Crippen molar-refractivity contribution >= 4 is 23.6 Å². The average molecular weight is 397 g/mol. The van der Waals surface area contributed by atoms with Crippen LogP contribution in [-0.4, -0.2) is 40.5 Å². The number of amides is 2. The predicted molar refractivity (Wildman–Crippen MR) is 100.0 cm³/mol. The molecular weight excluding hydrogens is 382 g/mol. The first-order valence-electron chi connectivity index (χ1n) is 8.43. The molecule has 8 nitrogen and oxygen atoms in total. The zero-order valence-corrected chi connectivity index (χ0v) is 15.3. The number of carbonyl (C=O) groups is 2. The van der Waals surface area contributed by atoms with E-state index in [1.54, 1.807) is 18.2 Å². The van der Waals surface area contributed by atoms with Gasteiger partial charge >= 0.3 is 0 Å². The summed E-state index contributed by atoms with van der Waals surface area (Å²) in [5, 5.41) is 10.4. The molecule has 0 saturated carbocycles. The fourth-order valence-corrected chi connectivity index (χ4v) is 3.06. The van der Waals surface area contributed by atoms with E-state index in [-0.39, 0.29) is 17.6 Å². The van der Waals surface area contributed by atoms with Crippen LogP contribution in [0.2, 0.25) is 0 Å². The Labute approximate surface area is 164 Å². The van der Waals surface area contributed by atoms with Crippen molar-refractivity contribution in [1.82, 2.24) is 15.5 Å². The molecule has 0 unspecified atom stereocenters. The van der Waals surface area contributed by atoms with Crippen molar-refractivity contribution in [3.8, 4) is 23.0 Å². The molecule has 28 heavy (non-hydrogen) atoms. The van der Waals surface area contributed by atoms with Gasteiger partial charge in [0, 0.05) is 5.56 Å². The summed E-state index contributed by atoms with van der Waals surface area (Å²) < 4.78 is 16.6. The number of imide groups is 1. The highest BCUT2D eigenvalue weighted by Crippen LogP contribution is 2.30. The Bertz CT molecular complexity index is 992. The lowest BCUT2D eigenvalue weighted by molar-refractivity contribution is -0.135. The predicted octanol–water partition coefficient (Wildman–Crippen LogP) is 2.31. The summed E-state index contributed by atoms with van der Waals surface area (Å²) in [5.41, 5.74) is 0.788. The minimum Gasteiger partial charge on any atom is -0.485 e. The van der Waals surface area contributed by atoms with Gasteiger partial charge < -0.3 is 13.9 Å². The molecule has 0 bridgehead atoms. The number of hydrogen-bond donors (Lipinski definition) is 1. The Morgan fingerprint density at radius 2 is 1.79 bits per heavy atom. The molecular formula is C19H15N3O5S. The molecule has 0 fully saturated rings. The van der Waals surface area contributed by atoms with Crippen LogP contribution in [0.3, 0.4) is 0 Å². The Morgan fingerprint density at radius 1 is 1.04 bits per heavy atom. The van der Waals surface area contributed by atoms with Crippen LogP contribution in [-0.2, 0) is 9.59 Å². The normalized spacial score (nSPS) is 15.1. The standard InChI is InChI=1S/C19H15N3O5S/c23-16(11-28-19-22-21-18(27-19)12-6-2-1-3-7-12)20-17(24)15-10-25-13-8-4-5-9-14(13)26-15/h1-9,15H,10-11H2,(H,20,23,24)/t15-/m1/s1. The maximum Gasteiger partial charge on any atom is 0.277 e. The van der Waals surface area contributed by atoms with Gasteiger partial charge in [-0.25, -0.2) is 0 Å². The molecule has 0 radical (unpaired) electrons. The highest BCUT2D eigenvalue weighted by atomic mass is 32.2. The number of carbonyl (C=O) groups excluding carboxylic acids is 2. The molecule has 0 aliphatic carbocycles. The minimum absolute atomic E-state index is 0.0351. The molecule has 2 aromatic carbocycles. The molecule has 1 aromatic heterocycles. The van der Waals surface area contributed by atoms with E-state index in [9.17, 15) is 9.59 Å². The van der Waals surface area contributed by atoms with Crippen molar-refractivity contribution in [3.63, 3.8) is 0 Å². The van der Waals surface area contributed by atoms with Crippen molar-refractivity contribution in [3.05, 3.63) is 54.6 Å². The van der Waals surface area contributed by atoms with Crippen LogP contribution in [0, 0.1) is 0 Å². The zero-order valence-electron chi connectivity index (χ0n) is 14.5. The Kier molecular flexibility index (Phi) is 5.24. The average Bonchev–Trinajstić information content (AvgIpc) is 3.22. The lowest BCUT2D eigenvalue weighted by Crippen LogP contribution is -2.46. The number of ether oxygens (including phenoxy) is 2. The Balaban J connectivity index is 1.28. The monoisotopic (exact) mass is 397 g/mol. The number of para-hydroxylation sites is 2. The van der Waals surface area contributed by atoms with Crippen LogP contribution in [0.4, 0.5) is 0 Å². The van der Waals surface area contributed by atoms with Gasteiger partial charge in [-0.15, -0.1) is 10.2 Å². The van der Waals surface area contributed by atoms with E-state index in [0.29, 0.717) is 17.4 Å². The third-order valence-electron chi connectivity index (χ3n) is 3.82. The molecule has 1 aliphatic heterocycles. The first kappa shape index (κ1) is 18.1. The molecule has 0 spiro atoms. The zero-order chi connectivity index (χ0) is 19.3. The van der Waals surface area contributed by atoms with E-state index in [2.05, 4.69) is 15.5 Å². The first-order chi connectivity index (χ1) is 13.7. The molecule has 142 valence electrons. The maximum absolute atomic E-state index is 12.2. The quantitative estimate of drug-likeness (QED) is 0.654. The number of hydrogen-bond acceptors (Lipinski definition) is 8. The van der Waals surface area contributed by atoms with Gasteiger partial charge in [0.05, 0.1) is 5.75 Å². The highest BCUT2D eigenvalue weighted by molar-refractivity contribution is 7.99. The van der Waals surface area contributed by atoms with Crippen molar-refractivity contribution in [2.75, 3.05) is 12.4 Å². The van der Waals surface area contributed by atoms with Gasteiger partial charge in [0.25, 0.3) is 11.1 Å². The third-order valence-corrected chi connectivity index (χ3v) is 4.64. The van der Waals surface area contributed by atoms with Gasteiger partial charge in [0.15, 0.2) is 11.5 Å². The van der Waals surface area contributed by atoms with Gasteiger partial charge in [-0.05, 0) is 24.3 Å². The summed E-state index contributed by atoms with van der Waals surface area (Å²) >= 11 is 1.04. The van der Waals surface area contributed by atoms with Crippen molar-refractivity contribution in [1.29, 1.82) is 0 Å². The van der Waals surface area contributed by atoms with E-state index >= 15 is 0 Å². The van der Waals surface area contributed by atoms with E-state index in [1.165, 1.54) is 0 Å². The molecule has 3 aromatic rings. The van der Waals surface area contributed by atoms with Crippen LogP contribution in [0.15, 0.2) is 64.2 Å². The molecule has 0 saturated heterocycles. The van der Waals surface area contributed by atoms with E-state index in [4.69, 9.17) is 13.9 Å². The topological polar surface area (TPSA) is 104 Å². The van der Waals surface area contributed by atoms with Crippen LogP contribution in [0.25, 0.3) is 11.5 Å². The summed E-state index contributed by atoms with van der Waals surface area (Å²) in [6, 6.07) is 16.3. The lowest BCUT2D eigenvalue weighted by atomic mass is 10.2. The fourth-order valence-electron chi connectivity index (χ4n) is 2.50. The smallest absolute Gasteiger partial charge is 0.277 e. The number of benzene rings is 2. The summed E-state index contributed by atoms with van der Waals surface area (Å²) in [6.07, 6.45) is -0.892. The second-order valence-electron chi connectivity index (χ2n) is 5.80. The maximum atomic E-state index is 12.2. The van der Waals surface area contributed by atoms with E-state index < -0.39 is 17.9 Å². The van der Waals surface area contributed by atoms with Crippen LogP contribution in [0.5, 0.6) is 11.5 Å². The van der Waals surface area contributed by atoms with Crippen molar-refractivity contribution < 1.29 is 23.5 Å². The Morgan fingerprint density at radius 3 is 2.61 bits per heavy atom. The summed E-state index contributed by atoms with van der Waals surface area (Å²) in [5.74, 6) is 0.305. The molecule has 9 heteroatoms. The molecule has 4 rings (SSSR count). The Hall–Kier alpha value is -3.33.